The summed E-state index contributed by atoms with van der Waals surface area (Å²) in [5, 5.41) is 2.97. The van der Waals surface area contributed by atoms with Gasteiger partial charge in [0.05, 0.1) is 18.7 Å². The monoisotopic (exact) mass is 449 g/mol. The smallest absolute Gasteiger partial charge is 0.331 e. The summed E-state index contributed by atoms with van der Waals surface area (Å²) in [6.45, 7) is 3.72. The van der Waals surface area contributed by atoms with Gasteiger partial charge in [-0.1, -0.05) is 31.4 Å². The predicted molar refractivity (Wildman–Crippen MR) is 127 cm³/mol. The van der Waals surface area contributed by atoms with E-state index in [2.05, 4.69) is 27.3 Å². The Labute approximate surface area is 193 Å². The number of anilines is 1. The molecule has 33 heavy (non-hydrogen) atoms. The number of fused-ring (bicyclic) bond motifs is 1. The molecular weight excluding hydrogens is 418 g/mol. The second-order valence-electron chi connectivity index (χ2n) is 8.92. The first-order valence-electron chi connectivity index (χ1n) is 11.9. The fraction of sp³-hybridized carbons (Fsp3) is 0.480. The molecule has 8 nitrogen and oxygen atoms in total. The average molecular weight is 450 g/mol. The molecule has 1 N–H and O–H groups in total. The number of imidazole rings is 1. The Balaban J connectivity index is 1.27. The molecule has 0 unspecified atom stereocenters. The van der Waals surface area contributed by atoms with Gasteiger partial charge in [0.25, 0.3) is 0 Å². The SMILES string of the molecule is O=C(Cn1c(=O)n(C2CCCCC2)c2ncccc21)NCc1ccc(N2CCOCC2)cc1. The van der Waals surface area contributed by atoms with Gasteiger partial charge in [-0.15, -0.1) is 0 Å². The van der Waals surface area contributed by atoms with Crippen molar-refractivity contribution in [1.29, 1.82) is 0 Å². The standard InChI is InChI=1S/C25H31N5O3/c31-23(27-17-19-8-10-20(11-9-19)28-13-15-33-16-14-28)18-29-22-7-4-12-26-24(22)30(25(29)32)21-5-2-1-3-6-21/h4,7-12,21H,1-3,5-6,13-18H2,(H,27,31). The van der Waals surface area contributed by atoms with E-state index in [1.165, 1.54) is 12.1 Å². The van der Waals surface area contributed by atoms with Gasteiger partial charge in [-0.05, 0) is 42.7 Å². The van der Waals surface area contributed by atoms with Crippen molar-refractivity contribution in [1.82, 2.24) is 19.4 Å². The molecule has 1 aliphatic carbocycles. The van der Waals surface area contributed by atoms with Crippen LogP contribution in [-0.2, 0) is 22.6 Å². The van der Waals surface area contributed by atoms with Gasteiger partial charge in [0.15, 0.2) is 5.65 Å². The highest BCUT2D eigenvalue weighted by Gasteiger charge is 2.23. The molecule has 5 rings (SSSR count). The first-order valence-corrected chi connectivity index (χ1v) is 11.9. The number of carbonyl (C=O) groups excluding carboxylic acids is 1. The highest BCUT2D eigenvalue weighted by molar-refractivity contribution is 5.79. The lowest BCUT2D eigenvalue weighted by Gasteiger charge is -2.28. The molecule has 3 aromatic rings. The van der Waals surface area contributed by atoms with Crippen LogP contribution in [0.5, 0.6) is 0 Å². The minimum Gasteiger partial charge on any atom is -0.378 e. The van der Waals surface area contributed by atoms with Crippen LogP contribution in [0.2, 0.25) is 0 Å². The number of morpholine rings is 1. The third kappa shape index (κ3) is 4.66. The molecule has 2 aliphatic rings. The number of ether oxygens (including phenoxy) is 1. The van der Waals surface area contributed by atoms with E-state index in [4.69, 9.17) is 4.74 Å². The van der Waals surface area contributed by atoms with Crippen molar-refractivity contribution in [2.24, 2.45) is 0 Å². The molecule has 1 aromatic carbocycles. The van der Waals surface area contributed by atoms with E-state index in [-0.39, 0.29) is 24.2 Å². The Hall–Kier alpha value is -3.13. The Morgan fingerprint density at radius 3 is 2.58 bits per heavy atom. The summed E-state index contributed by atoms with van der Waals surface area (Å²) in [6.07, 6.45) is 7.16. The van der Waals surface area contributed by atoms with Crippen LogP contribution in [0.15, 0.2) is 47.4 Å². The molecule has 0 atom stereocenters. The maximum Gasteiger partial charge on any atom is 0.331 e. The van der Waals surface area contributed by atoms with E-state index in [9.17, 15) is 9.59 Å². The van der Waals surface area contributed by atoms with Crippen molar-refractivity contribution < 1.29 is 9.53 Å². The molecule has 1 aliphatic heterocycles. The summed E-state index contributed by atoms with van der Waals surface area (Å²) in [5.74, 6) is -0.180. The number of rotatable bonds is 6. The lowest BCUT2D eigenvalue weighted by Crippen LogP contribution is -2.36. The van der Waals surface area contributed by atoms with Gasteiger partial charge in [0.1, 0.15) is 6.54 Å². The number of benzene rings is 1. The van der Waals surface area contributed by atoms with E-state index < -0.39 is 0 Å². The first kappa shape index (κ1) is 21.7. The zero-order valence-corrected chi connectivity index (χ0v) is 18.9. The number of hydrogen-bond donors (Lipinski definition) is 1. The molecule has 1 saturated carbocycles. The molecule has 2 aromatic heterocycles. The molecule has 174 valence electrons. The molecule has 2 fully saturated rings. The summed E-state index contributed by atoms with van der Waals surface area (Å²) in [4.78, 5) is 32.8. The Morgan fingerprint density at radius 2 is 1.82 bits per heavy atom. The van der Waals surface area contributed by atoms with Crippen molar-refractivity contribution >= 4 is 22.8 Å². The lowest BCUT2D eigenvalue weighted by molar-refractivity contribution is -0.121. The zero-order chi connectivity index (χ0) is 22.6. The quantitative estimate of drug-likeness (QED) is 0.626. The van der Waals surface area contributed by atoms with Crippen LogP contribution in [0, 0.1) is 0 Å². The predicted octanol–water partition coefficient (Wildman–Crippen LogP) is 2.86. The number of nitrogens with zero attached hydrogens (tertiary/aromatic N) is 4. The van der Waals surface area contributed by atoms with Crippen molar-refractivity contribution in [2.75, 3.05) is 31.2 Å². The fourth-order valence-electron chi connectivity index (χ4n) is 4.98. The molecule has 1 amide bonds. The summed E-state index contributed by atoms with van der Waals surface area (Å²) in [7, 11) is 0. The molecule has 8 heteroatoms. The molecule has 0 spiro atoms. The van der Waals surface area contributed by atoms with E-state index in [1.807, 2.05) is 28.8 Å². The zero-order valence-electron chi connectivity index (χ0n) is 18.9. The van der Waals surface area contributed by atoms with Gasteiger partial charge in [0.2, 0.25) is 5.91 Å². The number of aromatic nitrogens is 3. The molecule has 0 bridgehead atoms. The maximum atomic E-state index is 13.3. The Morgan fingerprint density at radius 1 is 1.06 bits per heavy atom. The molecule has 0 radical (unpaired) electrons. The largest absolute Gasteiger partial charge is 0.378 e. The fourth-order valence-corrected chi connectivity index (χ4v) is 4.98. The highest BCUT2D eigenvalue weighted by Crippen LogP contribution is 2.29. The number of amides is 1. The summed E-state index contributed by atoms with van der Waals surface area (Å²) < 4.78 is 8.79. The second kappa shape index (κ2) is 9.79. The molecular formula is C25H31N5O3. The van der Waals surface area contributed by atoms with Crippen molar-refractivity contribution in [2.45, 2.75) is 51.2 Å². The van der Waals surface area contributed by atoms with Crippen molar-refractivity contribution in [3.63, 3.8) is 0 Å². The van der Waals surface area contributed by atoms with Gasteiger partial charge in [-0.2, -0.15) is 0 Å². The van der Waals surface area contributed by atoms with Crippen LogP contribution >= 0.6 is 0 Å². The van der Waals surface area contributed by atoms with Crippen molar-refractivity contribution in [3.05, 3.63) is 58.6 Å². The third-order valence-electron chi connectivity index (χ3n) is 6.77. The average Bonchev–Trinajstić information content (AvgIpc) is 3.15. The van der Waals surface area contributed by atoms with Crippen LogP contribution in [0.3, 0.4) is 0 Å². The summed E-state index contributed by atoms with van der Waals surface area (Å²) in [5.41, 5.74) is 3.46. The third-order valence-corrected chi connectivity index (χ3v) is 6.77. The normalized spacial score (nSPS) is 17.4. The van der Waals surface area contributed by atoms with Gasteiger partial charge in [-0.3, -0.25) is 13.9 Å². The van der Waals surface area contributed by atoms with Crippen LogP contribution in [-0.4, -0.2) is 46.3 Å². The first-order chi connectivity index (χ1) is 16.2. The topological polar surface area (TPSA) is 81.4 Å². The minimum absolute atomic E-state index is 0.00733. The number of hydrogen-bond acceptors (Lipinski definition) is 5. The number of carbonyl (C=O) groups is 1. The minimum atomic E-state index is -0.180. The van der Waals surface area contributed by atoms with E-state index in [1.54, 1.807) is 10.8 Å². The molecule has 1 saturated heterocycles. The summed E-state index contributed by atoms with van der Waals surface area (Å²) in [6, 6.07) is 12.1. The Kier molecular flexibility index (Phi) is 6.44. The van der Waals surface area contributed by atoms with E-state index in [0.29, 0.717) is 12.2 Å². The van der Waals surface area contributed by atoms with E-state index in [0.717, 1.165) is 63.1 Å². The maximum absolute atomic E-state index is 13.3. The van der Waals surface area contributed by atoms with Gasteiger partial charge < -0.3 is 15.0 Å². The van der Waals surface area contributed by atoms with Crippen LogP contribution < -0.4 is 15.9 Å². The summed E-state index contributed by atoms with van der Waals surface area (Å²) >= 11 is 0. The van der Waals surface area contributed by atoms with Gasteiger partial charge >= 0.3 is 5.69 Å². The Bertz CT molecular complexity index is 1150. The number of nitrogens with one attached hydrogen (secondary N) is 1. The van der Waals surface area contributed by atoms with Crippen LogP contribution in [0.25, 0.3) is 11.2 Å². The second-order valence-corrected chi connectivity index (χ2v) is 8.92. The van der Waals surface area contributed by atoms with Gasteiger partial charge in [0, 0.05) is 37.6 Å². The number of pyridine rings is 1. The lowest BCUT2D eigenvalue weighted by atomic mass is 9.95. The van der Waals surface area contributed by atoms with Crippen LogP contribution in [0.1, 0.15) is 43.7 Å². The highest BCUT2D eigenvalue weighted by atomic mass is 16.5. The molecule has 3 heterocycles. The van der Waals surface area contributed by atoms with Gasteiger partial charge in [-0.25, -0.2) is 9.78 Å². The van der Waals surface area contributed by atoms with E-state index >= 15 is 0 Å². The van der Waals surface area contributed by atoms with Crippen molar-refractivity contribution in [3.8, 4) is 0 Å². The van der Waals surface area contributed by atoms with Crippen LogP contribution in [0.4, 0.5) is 5.69 Å².